The zero-order chi connectivity index (χ0) is 12.3. The summed E-state index contributed by atoms with van der Waals surface area (Å²) in [6.07, 6.45) is 0. The number of methoxy groups -OCH3 is 1. The van der Waals surface area contributed by atoms with Crippen molar-refractivity contribution in [3.63, 3.8) is 0 Å². The molecule has 0 unspecified atom stereocenters. The van der Waals surface area contributed by atoms with Crippen molar-refractivity contribution < 1.29 is 4.74 Å². The Kier molecular flexibility index (Phi) is 3.98. The summed E-state index contributed by atoms with van der Waals surface area (Å²) in [6, 6.07) is 4.31. The molecular weight excluding hydrogens is 198 g/mol. The second-order valence-electron chi connectivity index (χ2n) is 5.35. The molecule has 1 aromatic carbocycles. The van der Waals surface area contributed by atoms with E-state index in [1.807, 2.05) is 0 Å². The average molecular weight is 221 g/mol. The number of rotatable bonds is 3. The van der Waals surface area contributed by atoms with E-state index < -0.39 is 0 Å². The molecule has 0 bridgehead atoms. The first-order valence-corrected chi connectivity index (χ1v) is 5.72. The monoisotopic (exact) mass is 221 g/mol. The van der Waals surface area contributed by atoms with E-state index in [4.69, 9.17) is 4.74 Å². The van der Waals surface area contributed by atoms with Gasteiger partial charge in [0.25, 0.3) is 0 Å². The van der Waals surface area contributed by atoms with Gasteiger partial charge in [-0.05, 0) is 51.8 Å². The van der Waals surface area contributed by atoms with Crippen LogP contribution in [0, 0.1) is 13.8 Å². The third-order valence-electron chi connectivity index (χ3n) is 2.71. The molecular formula is C14H23NO. The van der Waals surface area contributed by atoms with Gasteiger partial charge in [0.2, 0.25) is 0 Å². The second kappa shape index (κ2) is 4.88. The Morgan fingerprint density at radius 2 is 1.69 bits per heavy atom. The highest BCUT2D eigenvalue weighted by molar-refractivity contribution is 5.41. The summed E-state index contributed by atoms with van der Waals surface area (Å²) in [5.74, 6) is 0.972. The maximum atomic E-state index is 5.41. The normalized spacial score (nSPS) is 11.6. The first-order chi connectivity index (χ1) is 7.33. The Bertz CT molecular complexity index is 364. The number of benzene rings is 1. The van der Waals surface area contributed by atoms with Gasteiger partial charge in [-0.2, -0.15) is 0 Å². The van der Waals surface area contributed by atoms with E-state index in [0.717, 1.165) is 12.3 Å². The molecule has 0 aliphatic carbocycles. The fourth-order valence-electron chi connectivity index (χ4n) is 1.54. The van der Waals surface area contributed by atoms with Gasteiger partial charge < -0.3 is 10.1 Å². The van der Waals surface area contributed by atoms with Crippen LogP contribution in [-0.4, -0.2) is 12.6 Å². The molecule has 2 nitrogen and oxygen atoms in total. The van der Waals surface area contributed by atoms with Crippen LogP contribution in [0.3, 0.4) is 0 Å². The van der Waals surface area contributed by atoms with Gasteiger partial charge in [-0.3, -0.25) is 0 Å². The minimum absolute atomic E-state index is 0.129. The fourth-order valence-corrected chi connectivity index (χ4v) is 1.54. The first kappa shape index (κ1) is 13.0. The van der Waals surface area contributed by atoms with Crippen molar-refractivity contribution in [1.29, 1.82) is 0 Å². The molecule has 0 amide bonds. The van der Waals surface area contributed by atoms with Crippen molar-refractivity contribution in [2.75, 3.05) is 7.11 Å². The molecule has 0 heterocycles. The van der Waals surface area contributed by atoms with Crippen molar-refractivity contribution in [2.45, 2.75) is 46.7 Å². The maximum absolute atomic E-state index is 5.41. The lowest BCUT2D eigenvalue weighted by molar-refractivity contribution is 0.391. The van der Waals surface area contributed by atoms with Crippen molar-refractivity contribution in [1.82, 2.24) is 5.32 Å². The molecule has 0 aromatic heterocycles. The second-order valence-corrected chi connectivity index (χ2v) is 5.35. The summed E-state index contributed by atoms with van der Waals surface area (Å²) in [5.41, 5.74) is 3.94. The Hall–Kier alpha value is -1.02. The van der Waals surface area contributed by atoms with Crippen LogP contribution in [0.1, 0.15) is 37.5 Å². The number of ether oxygens (including phenoxy) is 1. The molecule has 90 valence electrons. The van der Waals surface area contributed by atoms with Crippen LogP contribution in [-0.2, 0) is 6.54 Å². The molecule has 0 aliphatic heterocycles. The van der Waals surface area contributed by atoms with Gasteiger partial charge in [-0.1, -0.05) is 6.07 Å². The van der Waals surface area contributed by atoms with Crippen LogP contribution < -0.4 is 10.1 Å². The highest BCUT2D eigenvalue weighted by Gasteiger charge is 2.11. The summed E-state index contributed by atoms with van der Waals surface area (Å²) in [7, 11) is 1.73. The topological polar surface area (TPSA) is 21.3 Å². The fraction of sp³-hybridized carbons (Fsp3) is 0.571. The molecule has 0 saturated carbocycles. The summed E-state index contributed by atoms with van der Waals surface area (Å²) in [5, 5.41) is 3.48. The molecule has 0 radical (unpaired) electrons. The standard InChI is InChI=1S/C14H23NO/c1-10-7-12(9-15-14(3,4)5)13(16-6)8-11(10)2/h7-8,15H,9H2,1-6H3. The summed E-state index contributed by atoms with van der Waals surface area (Å²) < 4.78 is 5.41. The molecule has 16 heavy (non-hydrogen) atoms. The minimum atomic E-state index is 0.129. The van der Waals surface area contributed by atoms with Gasteiger partial charge in [-0.15, -0.1) is 0 Å². The third-order valence-corrected chi connectivity index (χ3v) is 2.71. The molecule has 0 aliphatic rings. The van der Waals surface area contributed by atoms with Crippen LogP contribution in [0.4, 0.5) is 0 Å². The maximum Gasteiger partial charge on any atom is 0.123 e. The predicted molar refractivity (Wildman–Crippen MR) is 69.1 cm³/mol. The highest BCUT2D eigenvalue weighted by atomic mass is 16.5. The van der Waals surface area contributed by atoms with Gasteiger partial charge in [0, 0.05) is 17.6 Å². The molecule has 0 atom stereocenters. The predicted octanol–water partition coefficient (Wildman–Crippen LogP) is 3.20. The first-order valence-electron chi connectivity index (χ1n) is 5.72. The van der Waals surface area contributed by atoms with E-state index in [1.54, 1.807) is 7.11 Å². The van der Waals surface area contributed by atoms with Gasteiger partial charge >= 0.3 is 0 Å². The average Bonchev–Trinajstić information content (AvgIpc) is 2.18. The quantitative estimate of drug-likeness (QED) is 0.846. The number of hydrogen-bond acceptors (Lipinski definition) is 2. The summed E-state index contributed by atoms with van der Waals surface area (Å²) >= 11 is 0. The zero-order valence-corrected chi connectivity index (χ0v) is 11.3. The van der Waals surface area contributed by atoms with Gasteiger partial charge in [0.1, 0.15) is 5.75 Å². The number of nitrogens with one attached hydrogen (secondary N) is 1. The van der Waals surface area contributed by atoms with Crippen molar-refractivity contribution in [3.05, 3.63) is 28.8 Å². The van der Waals surface area contributed by atoms with E-state index in [-0.39, 0.29) is 5.54 Å². The van der Waals surface area contributed by atoms with E-state index in [9.17, 15) is 0 Å². The molecule has 1 N–H and O–H groups in total. The highest BCUT2D eigenvalue weighted by Crippen LogP contribution is 2.23. The molecule has 0 saturated heterocycles. The molecule has 1 rings (SSSR count). The SMILES string of the molecule is COc1cc(C)c(C)cc1CNC(C)(C)C. The summed E-state index contributed by atoms with van der Waals surface area (Å²) in [6.45, 7) is 11.6. The van der Waals surface area contributed by atoms with Crippen LogP contribution >= 0.6 is 0 Å². The van der Waals surface area contributed by atoms with Gasteiger partial charge in [0.15, 0.2) is 0 Å². The van der Waals surface area contributed by atoms with Crippen LogP contribution in [0.5, 0.6) is 5.75 Å². The zero-order valence-electron chi connectivity index (χ0n) is 11.3. The molecule has 2 heteroatoms. The number of aryl methyl sites for hydroxylation is 2. The summed E-state index contributed by atoms with van der Waals surface area (Å²) in [4.78, 5) is 0. The van der Waals surface area contributed by atoms with Crippen molar-refractivity contribution in [2.24, 2.45) is 0 Å². The van der Waals surface area contributed by atoms with Crippen LogP contribution in [0.2, 0.25) is 0 Å². The third kappa shape index (κ3) is 3.53. The molecule has 1 aromatic rings. The minimum Gasteiger partial charge on any atom is -0.496 e. The number of hydrogen-bond donors (Lipinski definition) is 1. The van der Waals surface area contributed by atoms with Crippen LogP contribution in [0.15, 0.2) is 12.1 Å². The Morgan fingerprint density at radius 3 is 2.19 bits per heavy atom. The van der Waals surface area contributed by atoms with Gasteiger partial charge in [0.05, 0.1) is 7.11 Å². The Labute approximate surface area is 99.0 Å². The molecule has 0 spiro atoms. The van der Waals surface area contributed by atoms with Crippen molar-refractivity contribution in [3.8, 4) is 5.75 Å². The molecule has 0 fully saturated rings. The Balaban J connectivity index is 2.90. The van der Waals surface area contributed by atoms with E-state index in [1.165, 1.54) is 16.7 Å². The lowest BCUT2D eigenvalue weighted by Crippen LogP contribution is -2.35. The van der Waals surface area contributed by atoms with Gasteiger partial charge in [-0.25, -0.2) is 0 Å². The van der Waals surface area contributed by atoms with E-state index in [2.05, 4.69) is 52.1 Å². The Morgan fingerprint density at radius 1 is 1.12 bits per heavy atom. The lowest BCUT2D eigenvalue weighted by Gasteiger charge is -2.22. The lowest BCUT2D eigenvalue weighted by atomic mass is 10.0. The smallest absolute Gasteiger partial charge is 0.123 e. The van der Waals surface area contributed by atoms with Crippen molar-refractivity contribution >= 4 is 0 Å². The largest absolute Gasteiger partial charge is 0.496 e. The van der Waals surface area contributed by atoms with Crippen LogP contribution in [0.25, 0.3) is 0 Å². The van der Waals surface area contributed by atoms with E-state index >= 15 is 0 Å². The van der Waals surface area contributed by atoms with E-state index in [0.29, 0.717) is 0 Å².